The second kappa shape index (κ2) is 6.67. The molecule has 2 N–H and O–H groups in total. The van der Waals surface area contributed by atoms with Crippen LogP contribution in [0, 0.1) is 5.92 Å². The smallest absolute Gasteiger partial charge is 0.127 e. The number of rotatable bonds is 4. The van der Waals surface area contributed by atoms with Crippen molar-refractivity contribution in [2.75, 3.05) is 33.3 Å². The van der Waals surface area contributed by atoms with Crippen molar-refractivity contribution < 1.29 is 9.84 Å². The van der Waals surface area contributed by atoms with Crippen LogP contribution in [0.2, 0.25) is 0 Å². The summed E-state index contributed by atoms with van der Waals surface area (Å²) in [4.78, 5) is 2.60. The summed E-state index contributed by atoms with van der Waals surface area (Å²) >= 11 is 0. The molecule has 0 spiro atoms. The molecule has 116 valence electrons. The SMILES string of the molecule is COc1cc(O)ccc1[C@@H](C1CCCC1)N1CCNCC1. The Bertz CT molecular complexity index is 466. The van der Waals surface area contributed by atoms with Gasteiger partial charge in [0, 0.05) is 43.9 Å². The Morgan fingerprint density at radius 3 is 2.62 bits per heavy atom. The van der Waals surface area contributed by atoms with E-state index in [1.54, 1.807) is 19.2 Å². The largest absolute Gasteiger partial charge is 0.508 e. The van der Waals surface area contributed by atoms with Gasteiger partial charge in [0.15, 0.2) is 0 Å². The molecule has 0 aromatic heterocycles. The monoisotopic (exact) mass is 290 g/mol. The van der Waals surface area contributed by atoms with Gasteiger partial charge in [0.05, 0.1) is 7.11 Å². The van der Waals surface area contributed by atoms with Crippen LogP contribution in [0.3, 0.4) is 0 Å². The number of benzene rings is 1. The molecule has 1 aromatic carbocycles. The lowest BCUT2D eigenvalue weighted by Gasteiger charge is -2.39. The van der Waals surface area contributed by atoms with E-state index >= 15 is 0 Å². The van der Waals surface area contributed by atoms with Gasteiger partial charge in [0.25, 0.3) is 0 Å². The van der Waals surface area contributed by atoms with Gasteiger partial charge in [-0.05, 0) is 24.8 Å². The van der Waals surface area contributed by atoms with Gasteiger partial charge in [-0.15, -0.1) is 0 Å². The molecule has 4 heteroatoms. The van der Waals surface area contributed by atoms with Gasteiger partial charge in [-0.25, -0.2) is 0 Å². The molecule has 0 amide bonds. The van der Waals surface area contributed by atoms with Crippen molar-refractivity contribution in [2.24, 2.45) is 5.92 Å². The molecular formula is C17H26N2O2. The molecule has 21 heavy (non-hydrogen) atoms. The van der Waals surface area contributed by atoms with Crippen LogP contribution in [0.1, 0.15) is 37.3 Å². The summed E-state index contributed by atoms with van der Waals surface area (Å²) in [6, 6.07) is 6.02. The molecule has 2 aliphatic rings. The Hall–Kier alpha value is -1.26. The topological polar surface area (TPSA) is 44.7 Å². The van der Waals surface area contributed by atoms with Crippen LogP contribution in [-0.4, -0.2) is 43.3 Å². The third kappa shape index (κ3) is 3.16. The van der Waals surface area contributed by atoms with Crippen molar-refractivity contribution in [2.45, 2.75) is 31.7 Å². The fourth-order valence-electron chi connectivity index (χ4n) is 3.93. The van der Waals surface area contributed by atoms with Crippen molar-refractivity contribution >= 4 is 0 Å². The Kier molecular flexibility index (Phi) is 4.66. The number of aromatic hydroxyl groups is 1. The van der Waals surface area contributed by atoms with Crippen molar-refractivity contribution in [1.29, 1.82) is 0 Å². The van der Waals surface area contributed by atoms with Gasteiger partial charge >= 0.3 is 0 Å². The van der Waals surface area contributed by atoms with Crippen LogP contribution < -0.4 is 10.1 Å². The Morgan fingerprint density at radius 2 is 1.95 bits per heavy atom. The highest BCUT2D eigenvalue weighted by Crippen LogP contribution is 2.43. The van der Waals surface area contributed by atoms with Crippen LogP contribution in [0.5, 0.6) is 11.5 Å². The highest BCUT2D eigenvalue weighted by Gasteiger charge is 2.33. The maximum absolute atomic E-state index is 9.72. The van der Waals surface area contributed by atoms with E-state index in [2.05, 4.69) is 16.3 Å². The lowest BCUT2D eigenvalue weighted by atomic mass is 9.89. The first-order chi connectivity index (χ1) is 10.3. The number of ether oxygens (including phenoxy) is 1. The molecule has 1 heterocycles. The van der Waals surface area contributed by atoms with E-state index in [0.717, 1.165) is 31.9 Å². The summed E-state index contributed by atoms with van der Waals surface area (Å²) in [5, 5.41) is 13.2. The van der Waals surface area contributed by atoms with Crippen molar-refractivity contribution in [3.05, 3.63) is 23.8 Å². The number of piperazine rings is 1. The van der Waals surface area contributed by atoms with E-state index in [4.69, 9.17) is 4.74 Å². The average Bonchev–Trinajstić information content (AvgIpc) is 3.04. The van der Waals surface area contributed by atoms with E-state index in [0.29, 0.717) is 12.0 Å². The van der Waals surface area contributed by atoms with Crippen molar-refractivity contribution in [1.82, 2.24) is 10.2 Å². The lowest BCUT2D eigenvalue weighted by molar-refractivity contribution is 0.123. The number of phenolic OH excluding ortho intramolecular Hbond substituents is 1. The number of hydrogen-bond donors (Lipinski definition) is 2. The fraction of sp³-hybridized carbons (Fsp3) is 0.647. The summed E-state index contributed by atoms with van der Waals surface area (Å²) in [5.41, 5.74) is 1.24. The predicted octanol–water partition coefficient (Wildman–Crippen LogP) is 2.54. The second-order valence-electron chi connectivity index (χ2n) is 6.20. The summed E-state index contributed by atoms with van der Waals surface area (Å²) in [6.45, 7) is 4.30. The standard InChI is InChI=1S/C17H26N2O2/c1-21-16-12-14(20)6-7-15(16)17(13-4-2-3-5-13)19-10-8-18-9-11-19/h6-7,12-13,17-18,20H,2-5,8-11H2,1H3/t17-/m1/s1. The summed E-state index contributed by atoms with van der Waals surface area (Å²) < 4.78 is 5.56. The molecule has 3 rings (SSSR count). The molecule has 1 saturated heterocycles. The molecule has 0 unspecified atom stereocenters. The molecule has 1 aliphatic heterocycles. The van der Waals surface area contributed by atoms with E-state index in [1.165, 1.54) is 31.2 Å². The number of hydrogen-bond acceptors (Lipinski definition) is 4. The fourth-order valence-corrected chi connectivity index (χ4v) is 3.93. The maximum atomic E-state index is 9.72. The van der Waals surface area contributed by atoms with Gasteiger partial charge in [-0.2, -0.15) is 0 Å². The molecular weight excluding hydrogens is 264 g/mol. The number of nitrogens with one attached hydrogen (secondary N) is 1. The normalized spacial score (nSPS) is 22.3. The van der Waals surface area contributed by atoms with Gasteiger partial charge in [0.2, 0.25) is 0 Å². The predicted molar refractivity (Wildman–Crippen MR) is 83.8 cm³/mol. The third-order valence-corrected chi connectivity index (χ3v) is 4.93. The van der Waals surface area contributed by atoms with Crippen LogP contribution in [0.15, 0.2) is 18.2 Å². The van der Waals surface area contributed by atoms with Crippen LogP contribution in [-0.2, 0) is 0 Å². The van der Waals surface area contributed by atoms with Gasteiger partial charge in [0.1, 0.15) is 11.5 Å². The lowest BCUT2D eigenvalue weighted by Crippen LogP contribution is -2.46. The Labute approximate surface area is 127 Å². The second-order valence-corrected chi connectivity index (χ2v) is 6.20. The van der Waals surface area contributed by atoms with E-state index in [1.807, 2.05) is 0 Å². The van der Waals surface area contributed by atoms with E-state index < -0.39 is 0 Å². The average molecular weight is 290 g/mol. The highest BCUT2D eigenvalue weighted by atomic mass is 16.5. The molecule has 0 bridgehead atoms. The van der Waals surface area contributed by atoms with Crippen molar-refractivity contribution in [3.63, 3.8) is 0 Å². The highest BCUT2D eigenvalue weighted by molar-refractivity contribution is 5.42. The third-order valence-electron chi connectivity index (χ3n) is 4.93. The summed E-state index contributed by atoms with van der Waals surface area (Å²) in [6.07, 6.45) is 5.29. The zero-order chi connectivity index (χ0) is 14.7. The zero-order valence-corrected chi connectivity index (χ0v) is 12.8. The number of nitrogens with zero attached hydrogens (tertiary/aromatic N) is 1. The van der Waals surface area contributed by atoms with Crippen LogP contribution in [0.4, 0.5) is 0 Å². The number of methoxy groups -OCH3 is 1. The molecule has 1 atom stereocenters. The maximum Gasteiger partial charge on any atom is 0.127 e. The molecule has 1 aromatic rings. The van der Waals surface area contributed by atoms with E-state index in [9.17, 15) is 5.11 Å². The zero-order valence-electron chi connectivity index (χ0n) is 12.8. The summed E-state index contributed by atoms with van der Waals surface area (Å²) in [7, 11) is 1.70. The first-order valence-electron chi connectivity index (χ1n) is 8.11. The first kappa shape index (κ1) is 14.7. The quantitative estimate of drug-likeness (QED) is 0.894. The minimum Gasteiger partial charge on any atom is -0.508 e. The molecule has 2 fully saturated rings. The summed E-state index contributed by atoms with van der Waals surface area (Å²) in [5.74, 6) is 1.81. The van der Waals surface area contributed by atoms with E-state index in [-0.39, 0.29) is 5.75 Å². The van der Waals surface area contributed by atoms with Crippen LogP contribution in [0.25, 0.3) is 0 Å². The van der Waals surface area contributed by atoms with Crippen molar-refractivity contribution in [3.8, 4) is 11.5 Å². The molecule has 4 nitrogen and oxygen atoms in total. The Morgan fingerprint density at radius 1 is 1.24 bits per heavy atom. The molecule has 1 aliphatic carbocycles. The molecule has 1 saturated carbocycles. The van der Waals surface area contributed by atoms with Gasteiger partial charge < -0.3 is 15.2 Å². The minimum atomic E-state index is 0.279. The van der Waals surface area contributed by atoms with Gasteiger partial charge in [-0.3, -0.25) is 4.90 Å². The molecule has 0 radical (unpaired) electrons. The first-order valence-corrected chi connectivity index (χ1v) is 8.11. The van der Waals surface area contributed by atoms with Crippen LogP contribution >= 0.6 is 0 Å². The minimum absolute atomic E-state index is 0.279. The van der Waals surface area contributed by atoms with Gasteiger partial charge in [-0.1, -0.05) is 18.9 Å². The number of phenols is 1. The Balaban J connectivity index is 1.93.